The number of hydrogen-bond acceptors (Lipinski definition) is 5. The summed E-state index contributed by atoms with van der Waals surface area (Å²) in [6, 6.07) is 15.1. The van der Waals surface area contributed by atoms with Crippen LogP contribution in [0.25, 0.3) is 0 Å². The van der Waals surface area contributed by atoms with Crippen LogP contribution in [0, 0.1) is 0 Å². The molecule has 2 N–H and O–H groups in total. The van der Waals surface area contributed by atoms with Crippen LogP contribution in [0.1, 0.15) is 23.7 Å². The molecule has 2 amide bonds. The fourth-order valence-corrected chi connectivity index (χ4v) is 3.58. The molecule has 30 heavy (non-hydrogen) atoms. The lowest BCUT2D eigenvalue weighted by Gasteiger charge is -2.23. The fraction of sp³-hybridized carbons (Fsp3) is 0.391. The molecule has 0 radical (unpaired) electrons. The van der Waals surface area contributed by atoms with Crippen molar-refractivity contribution in [2.45, 2.75) is 13.3 Å². The number of methoxy groups -OCH3 is 1. The maximum atomic E-state index is 12.5. The molecule has 1 aliphatic heterocycles. The fourth-order valence-electron chi connectivity index (χ4n) is 3.58. The van der Waals surface area contributed by atoms with Crippen molar-refractivity contribution in [1.29, 1.82) is 0 Å². The van der Waals surface area contributed by atoms with Crippen LogP contribution in [0.5, 0.6) is 5.75 Å². The molecule has 7 nitrogen and oxygen atoms in total. The van der Waals surface area contributed by atoms with Gasteiger partial charge < -0.3 is 20.3 Å². The predicted octanol–water partition coefficient (Wildman–Crippen LogP) is 2.60. The highest BCUT2D eigenvalue weighted by molar-refractivity contribution is 5.97. The molecule has 0 atom stereocenters. The van der Waals surface area contributed by atoms with E-state index in [1.165, 1.54) is 5.69 Å². The maximum Gasteiger partial charge on any atom is 0.251 e. The number of nitrogens with one attached hydrogen (secondary N) is 2. The molecule has 1 fully saturated rings. The molecule has 0 aliphatic carbocycles. The largest absolute Gasteiger partial charge is 0.497 e. The monoisotopic (exact) mass is 410 g/mol. The summed E-state index contributed by atoms with van der Waals surface area (Å²) in [6.45, 7) is 6.29. The van der Waals surface area contributed by atoms with Crippen molar-refractivity contribution in [1.82, 2.24) is 10.2 Å². The summed E-state index contributed by atoms with van der Waals surface area (Å²) in [4.78, 5) is 29.0. The first-order valence-corrected chi connectivity index (χ1v) is 10.4. The molecule has 0 spiro atoms. The molecule has 7 heteroatoms. The third kappa shape index (κ3) is 5.97. The molecule has 1 saturated heterocycles. The number of rotatable bonds is 7. The van der Waals surface area contributed by atoms with Crippen LogP contribution >= 0.6 is 0 Å². The SMILES string of the molecule is CCNC(=O)c1cccc(NC(=O)CN2CCCN(c3ccc(OC)cc3)CC2)c1. The van der Waals surface area contributed by atoms with Gasteiger partial charge in [0.05, 0.1) is 13.7 Å². The van der Waals surface area contributed by atoms with Crippen LogP contribution in [0.4, 0.5) is 11.4 Å². The summed E-state index contributed by atoms with van der Waals surface area (Å²) in [5.41, 5.74) is 2.35. The van der Waals surface area contributed by atoms with E-state index < -0.39 is 0 Å². The molecule has 160 valence electrons. The molecular weight excluding hydrogens is 380 g/mol. The maximum absolute atomic E-state index is 12.5. The van der Waals surface area contributed by atoms with Gasteiger partial charge in [-0.15, -0.1) is 0 Å². The predicted molar refractivity (Wildman–Crippen MR) is 119 cm³/mol. The van der Waals surface area contributed by atoms with Crippen LogP contribution in [0.15, 0.2) is 48.5 Å². The summed E-state index contributed by atoms with van der Waals surface area (Å²) >= 11 is 0. The lowest BCUT2D eigenvalue weighted by atomic mass is 10.2. The highest BCUT2D eigenvalue weighted by Gasteiger charge is 2.18. The van der Waals surface area contributed by atoms with Crippen molar-refractivity contribution in [3.05, 3.63) is 54.1 Å². The summed E-state index contributed by atoms with van der Waals surface area (Å²) in [5, 5.41) is 5.68. The third-order valence-corrected chi connectivity index (χ3v) is 5.14. The van der Waals surface area contributed by atoms with Crippen molar-refractivity contribution in [2.75, 3.05) is 56.6 Å². The third-order valence-electron chi connectivity index (χ3n) is 5.14. The first kappa shape index (κ1) is 21.6. The van der Waals surface area contributed by atoms with Crippen molar-refractivity contribution in [3.8, 4) is 5.75 Å². The number of benzene rings is 2. The second kappa shape index (κ2) is 10.6. The topological polar surface area (TPSA) is 73.9 Å². The number of amides is 2. The van der Waals surface area contributed by atoms with Crippen molar-refractivity contribution >= 4 is 23.2 Å². The van der Waals surface area contributed by atoms with Gasteiger partial charge in [0.2, 0.25) is 5.91 Å². The zero-order valence-electron chi connectivity index (χ0n) is 17.7. The summed E-state index contributed by atoms with van der Waals surface area (Å²) < 4.78 is 5.23. The van der Waals surface area contributed by atoms with E-state index in [0.717, 1.165) is 38.3 Å². The highest BCUT2D eigenvalue weighted by Crippen LogP contribution is 2.20. The molecule has 0 saturated carbocycles. The first-order chi connectivity index (χ1) is 14.6. The Kier molecular flexibility index (Phi) is 7.68. The van der Waals surface area contributed by atoms with E-state index in [1.54, 1.807) is 31.4 Å². The van der Waals surface area contributed by atoms with Gasteiger partial charge in [-0.25, -0.2) is 0 Å². The summed E-state index contributed by atoms with van der Waals surface area (Å²) in [7, 11) is 1.67. The Morgan fingerprint density at radius 1 is 1.03 bits per heavy atom. The van der Waals surface area contributed by atoms with E-state index in [-0.39, 0.29) is 11.8 Å². The first-order valence-electron chi connectivity index (χ1n) is 10.4. The van der Waals surface area contributed by atoms with E-state index in [1.807, 2.05) is 19.1 Å². The second-order valence-corrected chi connectivity index (χ2v) is 7.30. The van der Waals surface area contributed by atoms with Gasteiger partial charge in [-0.2, -0.15) is 0 Å². The van der Waals surface area contributed by atoms with Crippen LogP contribution in [-0.4, -0.2) is 63.1 Å². The summed E-state index contributed by atoms with van der Waals surface area (Å²) in [6.07, 6.45) is 0.992. The molecule has 0 unspecified atom stereocenters. The molecular formula is C23H30N4O3. The number of carbonyl (C=O) groups excluding carboxylic acids is 2. The Morgan fingerprint density at radius 2 is 1.83 bits per heavy atom. The van der Waals surface area contributed by atoms with E-state index in [0.29, 0.717) is 24.3 Å². The van der Waals surface area contributed by atoms with Crippen molar-refractivity contribution in [3.63, 3.8) is 0 Å². The van der Waals surface area contributed by atoms with E-state index in [9.17, 15) is 9.59 Å². The minimum Gasteiger partial charge on any atom is -0.497 e. The van der Waals surface area contributed by atoms with Gasteiger partial charge in [0.1, 0.15) is 5.75 Å². The molecule has 0 aromatic heterocycles. The van der Waals surface area contributed by atoms with E-state index in [4.69, 9.17) is 4.74 Å². The van der Waals surface area contributed by atoms with E-state index in [2.05, 4.69) is 32.6 Å². The normalized spacial score (nSPS) is 14.7. The van der Waals surface area contributed by atoms with Gasteiger partial charge in [-0.3, -0.25) is 14.5 Å². The van der Waals surface area contributed by atoms with Crippen LogP contribution in [0.2, 0.25) is 0 Å². The number of nitrogens with zero attached hydrogens (tertiary/aromatic N) is 2. The Morgan fingerprint density at radius 3 is 2.57 bits per heavy atom. The summed E-state index contributed by atoms with van der Waals surface area (Å²) in [5.74, 6) is 0.642. The van der Waals surface area contributed by atoms with Gasteiger partial charge in [0.15, 0.2) is 0 Å². The molecule has 2 aromatic carbocycles. The number of carbonyl (C=O) groups is 2. The molecule has 3 rings (SSSR count). The molecule has 1 aliphatic rings. The smallest absolute Gasteiger partial charge is 0.251 e. The molecule has 1 heterocycles. The van der Waals surface area contributed by atoms with Gasteiger partial charge in [0, 0.05) is 49.7 Å². The lowest BCUT2D eigenvalue weighted by molar-refractivity contribution is -0.117. The Hall–Kier alpha value is -3.06. The average Bonchev–Trinajstić information content (AvgIpc) is 2.99. The van der Waals surface area contributed by atoms with Crippen molar-refractivity contribution < 1.29 is 14.3 Å². The van der Waals surface area contributed by atoms with Crippen LogP contribution < -0.4 is 20.3 Å². The van der Waals surface area contributed by atoms with Gasteiger partial charge in [-0.1, -0.05) is 6.07 Å². The highest BCUT2D eigenvalue weighted by atomic mass is 16.5. The quantitative estimate of drug-likeness (QED) is 0.734. The molecule has 2 aromatic rings. The van der Waals surface area contributed by atoms with E-state index >= 15 is 0 Å². The minimum absolute atomic E-state index is 0.0686. The standard InChI is InChI=1S/C23H30N4O3/c1-3-24-23(29)18-6-4-7-19(16-18)25-22(28)17-26-12-5-13-27(15-14-26)20-8-10-21(30-2)11-9-20/h4,6-11,16H,3,5,12-15,17H2,1-2H3,(H,24,29)(H,25,28). The molecule has 0 bridgehead atoms. The number of anilines is 2. The number of hydrogen-bond donors (Lipinski definition) is 2. The van der Waals surface area contributed by atoms with Gasteiger partial charge in [-0.05, 0) is 55.8 Å². The zero-order valence-corrected chi connectivity index (χ0v) is 17.7. The second-order valence-electron chi connectivity index (χ2n) is 7.30. The Labute approximate surface area is 178 Å². The van der Waals surface area contributed by atoms with Crippen LogP contribution in [0.3, 0.4) is 0 Å². The minimum atomic E-state index is -0.139. The van der Waals surface area contributed by atoms with Gasteiger partial charge in [0.25, 0.3) is 5.91 Å². The average molecular weight is 411 g/mol. The van der Waals surface area contributed by atoms with Gasteiger partial charge >= 0.3 is 0 Å². The number of ether oxygens (including phenoxy) is 1. The lowest BCUT2D eigenvalue weighted by Crippen LogP contribution is -2.36. The zero-order chi connectivity index (χ0) is 21.3. The Bertz CT molecular complexity index is 854. The van der Waals surface area contributed by atoms with Crippen LogP contribution in [-0.2, 0) is 4.79 Å². The Balaban J connectivity index is 1.52. The van der Waals surface area contributed by atoms with Crippen molar-refractivity contribution in [2.24, 2.45) is 0 Å².